The first-order valence-corrected chi connectivity index (χ1v) is 5.62. The minimum Gasteiger partial charge on any atom is -0.371 e. The van der Waals surface area contributed by atoms with Crippen LogP contribution in [-0.2, 0) is 4.74 Å². The number of nitrogens with zero attached hydrogens (tertiary/aromatic N) is 1. The Kier molecular flexibility index (Phi) is 3.37. The molecule has 1 saturated heterocycles. The number of ether oxygens (including phenoxy) is 1. The number of nitrogens with one attached hydrogen (secondary N) is 1. The lowest BCUT2D eigenvalue weighted by Gasteiger charge is -2.24. The summed E-state index contributed by atoms with van der Waals surface area (Å²) >= 11 is 3.48. The molecule has 78 valence electrons. The first kappa shape index (κ1) is 10.6. The van der Waals surface area contributed by atoms with Gasteiger partial charge in [0.15, 0.2) is 0 Å². The van der Waals surface area contributed by atoms with Crippen molar-refractivity contribution in [2.75, 3.05) is 19.7 Å². The van der Waals surface area contributed by atoms with Gasteiger partial charge in [-0.25, -0.2) is 0 Å². The second kappa shape index (κ2) is 4.75. The van der Waals surface area contributed by atoms with Crippen LogP contribution in [0.25, 0.3) is 0 Å². The summed E-state index contributed by atoms with van der Waals surface area (Å²) < 4.78 is 6.64. The smallest absolute Gasteiger partial charge is 0.0991 e. The molecule has 4 heteroatoms. The fraction of sp³-hybridized carbons (Fsp3) is 0.364. The van der Waals surface area contributed by atoms with E-state index < -0.39 is 0 Å². The Balaban J connectivity index is 2.29. The van der Waals surface area contributed by atoms with Crippen LogP contribution in [0.4, 0.5) is 0 Å². The maximum absolute atomic E-state index is 8.83. The molecule has 1 aliphatic heterocycles. The molecule has 0 saturated carbocycles. The van der Waals surface area contributed by atoms with Crippen LogP contribution in [0, 0.1) is 11.3 Å². The number of hydrogen-bond acceptors (Lipinski definition) is 3. The summed E-state index contributed by atoms with van der Waals surface area (Å²) in [6.45, 7) is 2.41. The lowest BCUT2D eigenvalue weighted by atomic mass is 10.1. The minimum atomic E-state index is 0.0430. The summed E-state index contributed by atoms with van der Waals surface area (Å²) in [6, 6.07) is 7.70. The van der Waals surface area contributed by atoms with Crippen molar-refractivity contribution >= 4 is 15.9 Å². The van der Waals surface area contributed by atoms with Crippen molar-refractivity contribution in [3.8, 4) is 6.07 Å². The summed E-state index contributed by atoms with van der Waals surface area (Å²) in [5.74, 6) is 0. The fourth-order valence-electron chi connectivity index (χ4n) is 1.63. The summed E-state index contributed by atoms with van der Waals surface area (Å²) in [7, 11) is 0. The van der Waals surface area contributed by atoms with Crippen LogP contribution in [0.15, 0.2) is 22.7 Å². The molecule has 1 aromatic rings. The second-order valence-corrected chi connectivity index (χ2v) is 4.27. The molecular formula is C11H11BrN2O. The zero-order chi connectivity index (χ0) is 10.7. The highest BCUT2D eigenvalue weighted by Gasteiger charge is 2.18. The Morgan fingerprint density at radius 1 is 1.53 bits per heavy atom. The molecule has 1 aliphatic rings. The summed E-state index contributed by atoms with van der Waals surface area (Å²) in [4.78, 5) is 0. The third-order valence-corrected chi connectivity index (χ3v) is 3.12. The van der Waals surface area contributed by atoms with Gasteiger partial charge in [-0.3, -0.25) is 0 Å². The van der Waals surface area contributed by atoms with Crippen LogP contribution in [0.1, 0.15) is 17.2 Å². The molecule has 1 aromatic carbocycles. The van der Waals surface area contributed by atoms with Gasteiger partial charge in [-0.1, -0.05) is 15.9 Å². The highest BCUT2D eigenvalue weighted by molar-refractivity contribution is 9.10. The molecule has 1 atom stereocenters. The Labute approximate surface area is 97.2 Å². The van der Waals surface area contributed by atoms with E-state index in [1.807, 2.05) is 12.1 Å². The first-order chi connectivity index (χ1) is 7.31. The van der Waals surface area contributed by atoms with Crippen molar-refractivity contribution in [2.24, 2.45) is 0 Å². The number of morpholine rings is 1. The summed E-state index contributed by atoms with van der Waals surface area (Å²) in [6.07, 6.45) is 0.0430. The van der Waals surface area contributed by atoms with Gasteiger partial charge in [0.1, 0.15) is 0 Å². The SMILES string of the molecule is N#Cc1ccc(Br)c(C2CNCCO2)c1. The summed E-state index contributed by atoms with van der Waals surface area (Å²) in [5.41, 5.74) is 1.71. The van der Waals surface area contributed by atoms with E-state index in [0.717, 1.165) is 23.1 Å². The molecule has 1 unspecified atom stereocenters. The van der Waals surface area contributed by atoms with Crippen molar-refractivity contribution in [3.63, 3.8) is 0 Å². The quantitative estimate of drug-likeness (QED) is 0.846. The summed E-state index contributed by atoms with van der Waals surface area (Å²) in [5, 5.41) is 12.1. The average Bonchev–Trinajstić information content (AvgIpc) is 2.31. The number of hydrogen-bond donors (Lipinski definition) is 1. The van der Waals surface area contributed by atoms with Crippen molar-refractivity contribution in [2.45, 2.75) is 6.10 Å². The number of benzene rings is 1. The first-order valence-electron chi connectivity index (χ1n) is 4.83. The van der Waals surface area contributed by atoms with Gasteiger partial charge in [0.25, 0.3) is 0 Å². The van der Waals surface area contributed by atoms with E-state index in [9.17, 15) is 0 Å². The second-order valence-electron chi connectivity index (χ2n) is 3.41. The fourth-order valence-corrected chi connectivity index (χ4v) is 2.13. The van der Waals surface area contributed by atoms with Gasteiger partial charge < -0.3 is 10.1 Å². The molecule has 1 fully saturated rings. The number of halogens is 1. The third-order valence-electron chi connectivity index (χ3n) is 2.40. The van der Waals surface area contributed by atoms with Gasteiger partial charge in [0, 0.05) is 17.6 Å². The van der Waals surface area contributed by atoms with Crippen LogP contribution >= 0.6 is 15.9 Å². The highest BCUT2D eigenvalue weighted by Crippen LogP contribution is 2.27. The molecule has 1 heterocycles. The zero-order valence-corrected chi connectivity index (χ0v) is 9.75. The molecule has 0 radical (unpaired) electrons. The molecule has 0 aromatic heterocycles. The lowest BCUT2D eigenvalue weighted by Crippen LogP contribution is -2.33. The van der Waals surface area contributed by atoms with Crippen LogP contribution in [-0.4, -0.2) is 19.7 Å². The minimum absolute atomic E-state index is 0.0430. The van der Waals surface area contributed by atoms with Gasteiger partial charge in [-0.05, 0) is 23.8 Å². The Morgan fingerprint density at radius 3 is 3.07 bits per heavy atom. The normalized spacial score (nSPS) is 20.9. The Morgan fingerprint density at radius 2 is 2.40 bits per heavy atom. The number of rotatable bonds is 1. The zero-order valence-electron chi connectivity index (χ0n) is 8.16. The molecule has 0 spiro atoms. The molecule has 1 N–H and O–H groups in total. The maximum Gasteiger partial charge on any atom is 0.0991 e. The van der Waals surface area contributed by atoms with E-state index in [2.05, 4.69) is 27.3 Å². The molecule has 15 heavy (non-hydrogen) atoms. The van der Waals surface area contributed by atoms with E-state index in [1.165, 1.54) is 0 Å². The standard InChI is InChI=1S/C11H11BrN2O/c12-10-2-1-8(6-13)5-9(10)11-7-14-3-4-15-11/h1-2,5,11,14H,3-4,7H2. The van der Waals surface area contributed by atoms with Crippen molar-refractivity contribution in [1.29, 1.82) is 5.26 Å². The Hall–Kier alpha value is -0.890. The highest BCUT2D eigenvalue weighted by atomic mass is 79.9. The molecule has 0 bridgehead atoms. The molecule has 2 rings (SSSR count). The Bertz CT molecular complexity index is 394. The van der Waals surface area contributed by atoms with Crippen LogP contribution < -0.4 is 5.32 Å². The van der Waals surface area contributed by atoms with Crippen LogP contribution in [0.5, 0.6) is 0 Å². The molecule has 0 amide bonds. The van der Waals surface area contributed by atoms with E-state index in [4.69, 9.17) is 10.00 Å². The largest absolute Gasteiger partial charge is 0.371 e. The number of nitriles is 1. The van der Waals surface area contributed by atoms with Crippen molar-refractivity contribution in [1.82, 2.24) is 5.32 Å². The van der Waals surface area contributed by atoms with Gasteiger partial charge in [0.2, 0.25) is 0 Å². The predicted octanol–water partition coefficient (Wildman–Crippen LogP) is 1.98. The van der Waals surface area contributed by atoms with E-state index in [0.29, 0.717) is 12.2 Å². The van der Waals surface area contributed by atoms with Crippen molar-refractivity contribution in [3.05, 3.63) is 33.8 Å². The lowest BCUT2D eigenvalue weighted by molar-refractivity contribution is 0.0272. The van der Waals surface area contributed by atoms with E-state index in [1.54, 1.807) is 6.07 Å². The predicted molar refractivity (Wildman–Crippen MR) is 60.4 cm³/mol. The molecule has 3 nitrogen and oxygen atoms in total. The molecular weight excluding hydrogens is 256 g/mol. The van der Waals surface area contributed by atoms with Crippen LogP contribution in [0.3, 0.4) is 0 Å². The van der Waals surface area contributed by atoms with Gasteiger partial charge in [0.05, 0.1) is 24.3 Å². The van der Waals surface area contributed by atoms with E-state index in [-0.39, 0.29) is 6.10 Å². The third kappa shape index (κ3) is 2.37. The molecule has 0 aliphatic carbocycles. The van der Waals surface area contributed by atoms with Gasteiger partial charge in [-0.2, -0.15) is 5.26 Å². The average molecular weight is 267 g/mol. The monoisotopic (exact) mass is 266 g/mol. The van der Waals surface area contributed by atoms with E-state index >= 15 is 0 Å². The van der Waals surface area contributed by atoms with Crippen LogP contribution in [0.2, 0.25) is 0 Å². The van der Waals surface area contributed by atoms with Gasteiger partial charge in [-0.15, -0.1) is 0 Å². The maximum atomic E-state index is 8.83. The van der Waals surface area contributed by atoms with Crippen molar-refractivity contribution < 1.29 is 4.74 Å². The van der Waals surface area contributed by atoms with Gasteiger partial charge >= 0.3 is 0 Å². The topological polar surface area (TPSA) is 45.0 Å².